The van der Waals surface area contributed by atoms with Crippen LogP contribution in [0.5, 0.6) is 0 Å². The molecule has 1 aliphatic rings. The number of nitrogens with zero attached hydrogens (tertiary/aromatic N) is 4. The highest BCUT2D eigenvalue weighted by molar-refractivity contribution is 6.08. The molecule has 3 aromatic rings. The van der Waals surface area contributed by atoms with Gasteiger partial charge in [-0.05, 0) is 43.0 Å². The first kappa shape index (κ1) is 25.5. The molecule has 190 valence electrons. The van der Waals surface area contributed by atoms with Gasteiger partial charge in [0.05, 0.1) is 16.6 Å². The summed E-state index contributed by atoms with van der Waals surface area (Å²) in [6, 6.07) is 7.17. The lowest BCUT2D eigenvalue weighted by atomic mass is 9.89. The number of benzene rings is 1. The van der Waals surface area contributed by atoms with E-state index in [9.17, 15) is 14.4 Å². The van der Waals surface area contributed by atoms with E-state index in [1.807, 2.05) is 37.6 Å². The molecular weight excluding hydrogens is 458 g/mol. The minimum Gasteiger partial charge on any atom is -0.375 e. The number of hydrogen-bond acceptors (Lipinski definition) is 6. The fourth-order valence-electron chi connectivity index (χ4n) is 4.84. The van der Waals surface area contributed by atoms with Crippen LogP contribution in [0.4, 0.5) is 5.69 Å². The lowest BCUT2D eigenvalue weighted by Crippen LogP contribution is -2.42. The maximum atomic E-state index is 13.9. The molecule has 9 nitrogen and oxygen atoms in total. The van der Waals surface area contributed by atoms with Gasteiger partial charge in [0.2, 0.25) is 5.91 Å². The third-order valence-electron chi connectivity index (χ3n) is 6.47. The zero-order valence-corrected chi connectivity index (χ0v) is 21.3. The molecule has 2 aromatic heterocycles. The molecule has 0 saturated carbocycles. The van der Waals surface area contributed by atoms with Gasteiger partial charge < -0.3 is 19.5 Å². The highest BCUT2D eigenvalue weighted by Crippen LogP contribution is 2.31. The van der Waals surface area contributed by atoms with Crippen molar-refractivity contribution < 1.29 is 19.1 Å². The number of carbonyl (C=O) groups is 3. The van der Waals surface area contributed by atoms with Gasteiger partial charge in [0.1, 0.15) is 18.2 Å². The summed E-state index contributed by atoms with van der Waals surface area (Å²) in [6.07, 6.45) is 5.49. The molecule has 0 aliphatic carbocycles. The molecule has 4 rings (SSSR count). The van der Waals surface area contributed by atoms with E-state index < -0.39 is 0 Å². The fourth-order valence-corrected chi connectivity index (χ4v) is 4.84. The van der Waals surface area contributed by atoms with Crippen molar-refractivity contribution >= 4 is 34.3 Å². The Morgan fingerprint density at radius 1 is 1.19 bits per heavy atom. The van der Waals surface area contributed by atoms with Crippen LogP contribution in [-0.2, 0) is 21.4 Å². The minimum absolute atomic E-state index is 0.0996. The number of ketones is 1. The zero-order valence-electron chi connectivity index (χ0n) is 21.3. The predicted molar refractivity (Wildman–Crippen MR) is 138 cm³/mol. The Balaban J connectivity index is 1.74. The quantitative estimate of drug-likeness (QED) is 0.515. The number of aryl methyl sites for hydroxylation is 1. The standard InChI is InChI=1S/C27H33N5O4/c1-17(2)12-23(33)19-6-5-11-32(15-19)27(35)21-13-20(29-24(34)16-36-4)14-22-25(21)31(3)26(30-22)18-7-9-28-10-8-18/h7-10,13-14,17,19H,5-6,11-12,15-16H2,1-4H3,(H,29,34). The normalized spacial score (nSPS) is 15.9. The number of ether oxygens (including phenoxy) is 1. The van der Waals surface area contributed by atoms with Crippen molar-refractivity contribution in [2.75, 3.05) is 32.1 Å². The number of rotatable bonds is 8. The van der Waals surface area contributed by atoms with Crippen molar-refractivity contribution in [2.24, 2.45) is 18.9 Å². The second kappa shape index (κ2) is 11.0. The number of nitrogens with one attached hydrogen (secondary N) is 1. The third kappa shape index (κ3) is 5.46. The molecule has 1 unspecified atom stereocenters. The van der Waals surface area contributed by atoms with E-state index in [4.69, 9.17) is 9.72 Å². The second-order valence-electron chi connectivity index (χ2n) is 9.76. The average Bonchev–Trinajstić information content (AvgIpc) is 3.19. The molecule has 1 aliphatic heterocycles. The van der Waals surface area contributed by atoms with Crippen LogP contribution in [0.1, 0.15) is 43.5 Å². The molecule has 1 aromatic carbocycles. The van der Waals surface area contributed by atoms with Gasteiger partial charge in [-0.2, -0.15) is 0 Å². The molecule has 1 N–H and O–H groups in total. The summed E-state index contributed by atoms with van der Waals surface area (Å²) in [5.74, 6) is 0.548. The zero-order chi connectivity index (χ0) is 25.8. The van der Waals surface area contributed by atoms with Crippen molar-refractivity contribution in [1.29, 1.82) is 0 Å². The average molecular weight is 492 g/mol. The Hall–Kier alpha value is -3.59. The van der Waals surface area contributed by atoms with E-state index in [0.717, 1.165) is 18.4 Å². The number of aromatic nitrogens is 3. The van der Waals surface area contributed by atoms with Crippen molar-refractivity contribution in [1.82, 2.24) is 19.4 Å². The summed E-state index contributed by atoms with van der Waals surface area (Å²) in [4.78, 5) is 49.5. The van der Waals surface area contributed by atoms with Gasteiger partial charge in [0, 0.05) is 63.2 Å². The summed E-state index contributed by atoms with van der Waals surface area (Å²) in [7, 11) is 3.32. The van der Waals surface area contributed by atoms with Gasteiger partial charge in [0.25, 0.3) is 5.91 Å². The van der Waals surface area contributed by atoms with Crippen LogP contribution in [0.3, 0.4) is 0 Å². The van der Waals surface area contributed by atoms with Gasteiger partial charge in [-0.1, -0.05) is 13.8 Å². The molecule has 36 heavy (non-hydrogen) atoms. The van der Waals surface area contributed by atoms with Crippen LogP contribution in [-0.4, -0.2) is 63.8 Å². The smallest absolute Gasteiger partial charge is 0.256 e. The van der Waals surface area contributed by atoms with E-state index in [1.165, 1.54) is 7.11 Å². The lowest BCUT2D eigenvalue weighted by molar-refractivity contribution is -0.125. The molecular formula is C27H33N5O4. The number of hydrogen-bond donors (Lipinski definition) is 1. The van der Waals surface area contributed by atoms with Gasteiger partial charge >= 0.3 is 0 Å². The number of carbonyl (C=O) groups excluding carboxylic acids is 3. The maximum Gasteiger partial charge on any atom is 0.256 e. The summed E-state index contributed by atoms with van der Waals surface area (Å²) >= 11 is 0. The highest BCUT2D eigenvalue weighted by Gasteiger charge is 2.31. The van der Waals surface area contributed by atoms with Crippen LogP contribution in [0, 0.1) is 11.8 Å². The first-order valence-electron chi connectivity index (χ1n) is 12.3. The summed E-state index contributed by atoms with van der Waals surface area (Å²) in [6.45, 7) is 4.96. The Morgan fingerprint density at radius 2 is 1.94 bits per heavy atom. The monoisotopic (exact) mass is 491 g/mol. The molecule has 3 heterocycles. The number of likely N-dealkylation sites (tertiary alicyclic amines) is 1. The summed E-state index contributed by atoms with van der Waals surface area (Å²) in [5.41, 5.74) is 3.04. The summed E-state index contributed by atoms with van der Waals surface area (Å²) in [5, 5.41) is 2.80. The second-order valence-corrected chi connectivity index (χ2v) is 9.76. The highest BCUT2D eigenvalue weighted by atomic mass is 16.5. The van der Waals surface area contributed by atoms with E-state index in [1.54, 1.807) is 29.4 Å². The third-order valence-corrected chi connectivity index (χ3v) is 6.47. The first-order chi connectivity index (χ1) is 17.3. The number of pyridine rings is 1. The maximum absolute atomic E-state index is 13.9. The van der Waals surface area contributed by atoms with Crippen LogP contribution in [0.2, 0.25) is 0 Å². The van der Waals surface area contributed by atoms with Crippen molar-refractivity contribution in [2.45, 2.75) is 33.1 Å². The van der Waals surface area contributed by atoms with Gasteiger partial charge in [0.15, 0.2) is 0 Å². The Morgan fingerprint density at radius 3 is 2.64 bits per heavy atom. The molecule has 2 amide bonds. The Kier molecular flexibility index (Phi) is 7.79. The van der Waals surface area contributed by atoms with Crippen molar-refractivity contribution in [3.05, 3.63) is 42.2 Å². The Labute approximate surface area is 210 Å². The fraction of sp³-hybridized carbons (Fsp3) is 0.444. The van der Waals surface area contributed by atoms with Crippen molar-refractivity contribution in [3.8, 4) is 11.4 Å². The van der Waals surface area contributed by atoms with Crippen LogP contribution < -0.4 is 5.32 Å². The molecule has 1 atom stereocenters. The van der Waals surface area contributed by atoms with Crippen LogP contribution >= 0.6 is 0 Å². The van der Waals surface area contributed by atoms with Gasteiger partial charge in [-0.15, -0.1) is 0 Å². The topological polar surface area (TPSA) is 106 Å². The number of methoxy groups -OCH3 is 1. The van der Waals surface area contributed by atoms with Gasteiger partial charge in [-0.25, -0.2) is 4.98 Å². The van der Waals surface area contributed by atoms with E-state index in [0.29, 0.717) is 47.6 Å². The largest absolute Gasteiger partial charge is 0.375 e. The number of imidazole rings is 1. The number of fused-ring (bicyclic) bond motifs is 1. The molecule has 1 saturated heterocycles. The SMILES string of the molecule is COCC(=O)Nc1cc(C(=O)N2CCCC(C(=O)CC(C)C)C2)c2c(c1)nc(-c1ccncc1)n2C. The lowest BCUT2D eigenvalue weighted by Gasteiger charge is -2.32. The molecule has 0 bridgehead atoms. The number of amides is 2. The summed E-state index contributed by atoms with van der Waals surface area (Å²) < 4.78 is 6.83. The van der Waals surface area contributed by atoms with Crippen molar-refractivity contribution in [3.63, 3.8) is 0 Å². The predicted octanol–water partition coefficient (Wildman–Crippen LogP) is 3.69. The van der Waals surface area contributed by atoms with Crippen LogP contribution in [0.25, 0.3) is 22.4 Å². The first-order valence-corrected chi connectivity index (χ1v) is 12.3. The van der Waals surface area contributed by atoms with Crippen LogP contribution in [0.15, 0.2) is 36.7 Å². The Bertz CT molecular complexity index is 1270. The number of anilines is 1. The molecule has 0 radical (unpaired) electrons. The number of Topliss-reactive ketones (excluding diaryl/α,β-unsaturated/α-hetero) is 1. The van der Waals surface area contributed by atoms with E-state index >= 15 is 0 Å². The molecule has 1 fully saturated rings. The van der Waals surface area contributed by atoms with E-state index in [-0.39, 0.29) is 36.0 Å². The van der Waals surface area contributed by atoms with Gasteiger partial charge in [-0.3, -0.25) is 19.4 Å². The molecule has 9 heteroatoms. The van der Waals surface area contributed by atoms with E-state index in [2.05, 4.69) is 10.3 Å². The minimum atomic E-state index is -0.321. The molecule has 0 spiro atoms. The number of piperidine rings is 1.